The Morgan fingerprint density at radius 1 is 1.40 bits per heavy atom. The second kappa shape index (κ2) is 1.95. The third-order valence-electron chi connectivity index (χ3n) is 2.59. The highest BCUT2D eigenvalue weighted by Crippen LogP contribution is 2.44. The summed E-state index contributed by atoms with van der Waals surface area (Å²) in [6.07, 6.45) is 1.34. The fraction of sp³-hybridized carbons (Fsp3) is 1.00. The summed E-state index contributed by atoms with van der Waals surface area (Å²) in [4.78, 5) is 0. The van der Waals surface area contributed by atoms with Crippen LogP contribution in [-0.2, 0) is 4.74 Å². The molecule has 0 amide bonds. The van der Waals surface area contributed by atoms with Crippen molar-refractivity contribution >= 4 is 0 Å². The average Bonchev–Trinajstić information content (AvgIpc) is 2.29. The van der Waals surface area contributed by atoms with Crippen molar-refractivity contribution in [1.82, 2.24) is 5.32 Å². The molecule has 2 nitrogen and oxygen atoms in total. The molecule has 1 N–H and O–H groups in total. The third kappa shape index (κ3) is 1.06. The minimum Gasteiger partial charge on any atom is -0.378 e. The van der Waals surface area contributed by atoms with Crippen molar-refractivity contribution in [2.24, 2.45) is 5.41 Å². The Balaban J connectivity index is 1.73. The van der Waals surface area contributed by atoms with Gasteiger partial charge in [-0.3, -0.25) is 0 Å². The molecule has 1 saturated carbocycles. The fourth-order valence-electron chi connectivity index (χ4n) is 1.37. The van der Waals surface area contributed by atoms with Gasteiger partial charge in [-0.1, -0.05) is 13.8 Å². The standard InChI is InChI=1S/C8H15NO/c1-8(2)3-7(8)9-6-4-10-5-6/h6-7,9H,3-5H2,1-2H3/t7-/m1/s1. The summed E-state index contributed by atoms with van der Waals surface area (Å²) in [6.45, 7) is 6.47. The lowest BCUT2D eigenvalue weighted by atomic mass is 10.1. The maximum absolute atomic E-state index is 5.07. The van der Waals surface area contributed by atoms with Crippen LogP contribution in [-0.4, -0.2) is 25.3 Å². The van der Waals surface area contributed by atoms with E-state index in [0.717, 1.165) is 19.3 Å². The number of hydrogen-bond donors (Lipinski definition) is 1. The van der Waals surface area contributed by atoms with Crippen molar-refractivity contribution in [2.45, 2.75) is 32.4 Å². The number of ether oxygens (including phenoxy) is 1. The SMILES string of the molecule is CC1(C)C[C@H]1NC1COC1. The molecule has 0 aromatic carbocycles. The van der Waals surface area contributed by atoms with Crippen LogP contribution in [0.2, 0.25) is 0 Å². The van der Waals surface area contributed by atoms with Crippen molar-refractivity contribution < 1.29 is 4.74 Å². The van der Waals surface area contributed by atoms with Gasteiger partial charge in [-0.05, 0) is 11.8 Å². The van der Waals surface area contributed by atoms with Gasteiger partial charge in [-0.15, -0.1) is 0 Å². The van der Waals surface area contributed by atoms with Gasteiger partial charge in [0.15, 0.2) is 0 Å². The van der Waals surface area contributed by atoms with E-state index in [0.29, 0.717) is 11.5 Å². The van der Waals surface area contributed by atoms with Gasteiger partial charge in [-0.25, -0.2) is 0 Å². The minimum atomic E-state index is 0.565. The second-order valence-electron chi connectivity index (χ2n) is 4.15. The van der Waals surface area contributed by atoms with Crippen LogP contribution in [0, 0.1) is 5.41 Å². The summed E-state index contributed by atoms with van der Waals surface area (Å²) in [5.74, 6) is 0. The molecular weight excluding hydrogens is 126 g/mol. The van der Waals surface area contributed by atoms with Gasteiger partial charge in [-0.2, -0.15) is 0 Å². The Morgan fingerprint density at radius 2 is 2.00 bits per heavy atom. The zero-order chi connectivity index (χ0) is 7.19. The summed E-state index contributed by atoms with van der Waals surface area (Å²) >= 11 is 0. The molecule has 1 saturated heterocycles. The van der Waals surface area contributed by atoms with Crippen molar-refractivity contribution in [1.29, 1.82) is 0 Å². The molecule has 1 heterocycles. The molecule has 2 rings (SSSR count). The normalized spacial score (nSPS) is 37.2. The molecule has 0 spiro atoms. The Bertz CT molecular complexity index is 140. The van der Waals surface area contributed by atoms with Crippen LogP contribution in [0.4, 0.5) is 0 Å². The van der Waals surface area contributed by atoms with E-state index in [-0.39, 0.29) is 0 Å². The molecular formula is C8H15NO. The first-order valence-corrected chi connectivity index (χ1v) is 4.02. The molecule has 1 aliphatic heterocycles. The van der Waals surface area contributed by atoms with Gasteiger partial charge in [0.05, 0.1) is 19.3 Å². The maximum atomic E-state index is 5.07. The quantitative estimate of drug-likeness (QED) is 0.613. The van der Waals surface area contributed by atoms with Gasteiger partial charge < -0.3 is 10.1 Å². The molecule has 2 aliphatic rings. The van der Waals surface area contributed by atoms with E-state index in [1.54, 1.807) is 0 Å². The number of hydrogen-bond acceptors (Lipinski definition) is 2. The molecule has 58 valence electrons. The van der Waals surface area contributed by atoms with E-state index in [1.165, 1.54) is 6.42 Å². The first-order valence-electron chi connectivity index (χ1n) is 4.02. The van der Waals surface area contributed by atoms with Gasteiger partial charge in [0.1, 0.15) is 0 Å². The molecule has 1 atom stereocenters. The smallest absolute Gasteiger partial charge is 0.0643 e. The highest BCUT2D eigenvalue weighted by atomic mass is 16.5. The first kappa shape index (κ1) is 6.62. The van der Waals surface area contributed by atoms with Crippen LogP contribution < -0.4 is 5.32 Å². The van der Waals surface area contributed by atoms with Crippen LogP contribution in [0.5, 0.6) is 0 Å². The van der Waals surface area contributed by atoms with Crippen LogP contribution >= 0.6 is 0 Å². The zero-order valence-corrected chi connectivity index (χ0v) is 6.68. The summed E-state index contributed by atoms with van der Waals surface area (Å²) in [6, 6.07) is 1.42. The Kier molecular flexibility index (Phi) is 1.29. The van der Waals surface area contributed by atoms with Crippen LogP contribution in [0.15, 0.2) is 0 Å². The van der Waals surface area contributed by atoms with Crippen LogP contribution in [0.25, 0.3) is 0 Å². The predicted molar refractivity (Wildman–Crippen MR) is 39.9 cm³/mol. The molecule has 0 bridgehead atoms. The van der Waals surface area contributed by atoms with Gasteiger partial charge in [0, 0.05) is 6.04 Å². The van der Waals surface area contributed by atoms with E-state index in [1.807, 2.05) is 0 Å². The van der Waals surface area contributed by atoms with E-state index >= 15 is 0 Å². The second-order valence-corrected chi connectivity index (χ2v) is 4.15. The third-order valence-corrected chi connectivity index (χ3v) is 2.59. The summed E-state index contributed by atoms with van der Waals surface area (Å²) < 4.78 is 5.07. The van der Waals surface area contributed by atoms with Crippen molar-refractivity contribution in [2.75, 3.05) is 13.2 Å². The molecule has 0 aromatic rings. The van der Waals surface area contributed by atoms with Crippen molar-refractivity contribution in [3.05, 3.63) is 0 Å². The summed E-state index contributed by atoms with van der Waals surface area (Å²) in [5.41, 5.74) is 0.565. The van der Waals surface area contributed by atoms with Gasteiger partial charge >= 0.3 is 0 Å². The van der Waals surface area contributed by atoms with Crippen molar-refractivity contribution in [3.63, 3.8) is 0 Å². The molecule has 2 heteroatoms. The zero-order valence-electron chi connectivity index (χ0n) is 6.68. The molecule has 2 fully saturated rings. The predicted octanol–water partition coefficient (Wildman–Crippen LogP) is 0.773. The molecule has 0 aromatic heterocycles. The fourth-order valence-corrected chi connectivity index (χ4v) is 1.37. The largest absolute Gasteiger partial charge is 0.378 e. The van der Waals surface area contributed by atoms with E-state index in [9.17, 15) is 0 Å². The molecule has 0 radical (unpaired) electrons. The topological polar surface area (TPSA) is 21.3 Å². The van der Waals surface area contributed by atoms with E-state index in [4.69, 9.17) is 4.74 Å². The van der Waals surface area contributed by atoms with Gasteiger partial charge in [0.25, 0.3) is 0 Å². The Labute approximate surface area is 61.9 Å². The Morgan fingerprint density at radius 3 is 2.30 bits per heavy atom. The van der Waals surface area contributed by atoms with Crippen LogP contribution in [0.3, 0.4) is 0 Å². The molecule has 10 heavy (non-hydrogen) atoms. The molecule has 1 aliphatic carbocycles. The van der Waals surface area contributed by atoms with Crippen LogP contribution in [0.1, 0.15) is 20.3 Å². The van der Waals surface area contributed by atoms with E-state index < -0.39 is 0 Å². The first-order chi connectivity index (χ1) is 4.68. The lowest BCUT2D eigenvalue weighted by Crippen LogP contribution is -2.47. The van der Waals surface area contributed by atoms with Gasteiger partial charge in [0.2, 0.25) is 0 Å². The Hall–Kier alpha value is -0.0800. The maximum Gasteiger partial charge on any atom is 0.0643 e. The minimum absolute atomic E-state index is 0.565. The molecule has 0 unspecified atom stereocenters. The number of nitrogens with one attached hydrogen (secondary N) is 1. The summed E-state index contributed by atoms with van der Waals surface area (Å²) in [7, 11) is 0. The average molecular weight is 141 g/mol. The van der Waals surface area contributed by atoms with Crippen molar-refractivity contribution in [3.8, 4) is 0 Å². The lowest BCUT2D eigenvalue weighted by Gasteiger charge is -2.27. The highest BCUT2D eigenvalue weighted by Gasteiger charge is 2.46. The summed E-state index contributed by atoms with van der Waals surface area (Å²) in [5, 5.41) is 3.56. The highest BCUT2D eigenvalue weighted by molar-refractivity contribution is 5.03. The lowest BCUT2D eigenvalue weighted by molar-refractivity contribution is -0.00701. The number of rotatable bonds is 2. The van der Waals surface area contributed by atoms with E-state index in [2.05, 4.69) is 19.2 Å². The monoisotopic (exact) mass is 141 g/mol.